The lowest BCUT2D eigenvalue weighted by Gasteiger charge is -2.26. The molecule has 0 bridgehead atoms. The van der Waals surface area contributed by atoms with Crippen molar-refractivity contribution in [2.75, 3.05) is 14.2 Å². The molecule has 16 heavy (non-hydrogen) atoms. The fourth-order valence-corrected chi connectivity index (χ4v) is 1.75. The molecule has 1 heterocycles. The molecule has 0 aliphatic carbocycles. The summed E-state index contributed by atoms with van der Waals surface area (Å²) in [5.41, 5.74) is 7.08. The first-order valence-corrected chi connectivity index (χ1v) is 5.37. The minimum atomic E-state index is -0.187. The second-order valence-electron chi connectivity index (χ2n) is 4.13. The van der Waals surface area contributed by atoms with E-state index in [1.165, 1.54) is 0 Å². The molecule has 0 aliphatic heterocycles. The maximum absolute atomic E-state index is 6.15. The summed E-state index contributed by atoms with van der Waals surface area (Å²) in [5.74, 6) is 1.07. The standard InChI is InChI=1S/C12H20N2O2/c1-8(2)12(16-4)11(13)9-5-10(15-3)7-14-6-9/h5-8,11-12H,13H2,1-4H3. The number of nitrogens with two attached hydrogens (primary N) is 1. The lowest BCUT2D eigenvalue weighted by Crippen LogP contribution is -2.32. The normalized spacial score (nSPS) is 14.9. The third-order valence-electron chi connectivity index (χ3n) is 2.64. The van der Waals surface area contributed by atoms with Crippen LogP contribution in [0.25, 0.3) is 0 Å². The van der Waals surface area contributed by atoms with E-state index in [4.69, 9.17) is 15.2 Å². The van der Waals surface area contributed by atoms with Crippen molar-refractivity contribution in [1.82, 2.24) is 4.98 Å². The van der Waals surface area contributed by atoms with Crippen molar-refractivity contribution in [3.63, 3.8) is 0 Å². The Labute approximate surface area is 96.8 Å². The number of pyridine rings is 1. The van der Waals surface area contributed by atoms with Crippen LogP contribution in [0.3, 0.4) is 0 Å². The molecule has 90 valence electrons. The molecule has 0 spiro atoms. The smallest absolute Gasteiger partial charge is 0.137 e. The van der Waals surface area contributed by atoms with E-state index >= 15 is 0 Å². The van der Waals surface area contributed by atoms with Gasteiger partial charge in [0.15, 0.2) is 0 Å². The van der Waals surface area contributed by atoms with Gasteiger partial charge in [-0.1, -0.05) is 13.8 Å². The highest BCUT2D eigenvalue weighted by Crippen LogP contribution is 2.23. The Balaban J connectivity index is 2.89. The number of hydrogen-bond acceptors (Lipinski definition) is 4. The van der Waals surface area contributed by atoms with Crippen LogP contribution in [-0.4, -0.2) is 25.3 Å². The molecule has 0 aromatic carbocycles. The third kappa shape index (κ3) is 2.93. The maximum atomic E-state index is 6.15. The second-order valence-corrected chi connectivity index (χ2v) is 4.13. The number of ether oxygens (including phenoxy) is 2. The average Bonchev–Trinajstić information content (AvgIpc) is 2.29. The molecule has 0 saturated heterocycles. The van der Waals surface area contributed by atoms with Crippen LogP contribution in [0.15, 0.2) is 18.5 Å². The number of nitrogens with zero attached hydrogens (tertiary/aromatic N) is 1. The van der Waals surface area contributed by atoms with Gasteiger partial charge in [-0.25, -0.2) is 0 Å². The molecule has 1 aromatic rings. The number of rotatable bonds is 5. The summed E-state index contributed by atoms with van der Waals surface area (Å²) in [6, 6.07) is 1.71. The van der Waals surface area contributed by atoms with Crippen LogP contribution in [-0.2, 0) is 4.74 Å². The molecule has 0 aliphatic rings. The number of aromatic nitrogens is 1. The van der Waals surface area contributed by atoms with E-state index in [0.29, 0.717) is 11.7 Å². The summed E-state index contributed by atoms with van der Waals surface area (Å²) in [6.45, 7) is 4.17. The van der Waals surface area contributed by atoms with Crippen molar-refractivity contribution in [1.29, 1.82) is 0 Å². The Morgan fingerprint density at radius 3 is 2.44 bits per heavy atom. The van der Waals surface area contributed by atoms with Crippen molar-refractivity contribution in [3.05, 3.63) is 24.0 Å². The summed E-state index contributed by atoms with van der Waals surface area (Å²) in [6.07, 6.45) is 3.39. The lowest BCUT2D eigenvalue weighted by atomic mass is 9.95. The Hall–Kier alpha value is -1.13. The molecule has 0 amide bonds. The van der Waals surface area contributed by atoms with E-state index in [2.05, 4.69) is 18.8 Å². The molecular formula is C12H20N2O2. The Kier molecular flexibility index (Phi) is 4.71. The summed E-state index contributed by atoms with van der Waals surface area (Å²) >= 11 is 0. The van der Waals surface area contributed by atoms with Gasteiger partial charge in [0.05, 0.1) is 25.5 Å². The molecule has 0 saturated carbocycles. The van der Waals surface area contributed by atoms with Gasteiger partial charge in [-0.05, 0) is 17.5 Å². The van der Waals surface area contributed by atoms with Gasteiger partial charge in [0.25, 0.3) is 0 Å². The SMILES string of the molecule is COc1cncc(C(N)C(OC)C(C)C)c1. The van der Waals surface area contributed by atoms with Gasteiger partial charge < -0.3 is 15.2 Å². The van der Waals surface area contributed by atoms with Gasteiger partial charge in [-0.15, -0.1) is 0 Å². The van der Waals surface area contributed by atoms with Gasteiger partial charge >= 0.3 is 0 Å². The van der Waals surface area contributed by atoms with Crippen LogP contribution in [0.5, 0.6) is 5.75 Å². The third-order valence-corrected chi connectivity index (χ3v) is 2.64. The molecule has 4 heteroatoms. The fraction of sp³-hybridized carbons (Fsp3) is 0.583. The van der Waals surface area contributed by atoms with Crippen molar-refractivity contribution in [2.45, 2.75) is 26.0 Å². The monoisotopic (exact) mass is 224 g/mol. The second kappa shape index (κ2) is 5.82. The van der Waals surface area contributed by atoms with E-state index in [9.17, 15) is 0 Å². The highest BCUT2D eigenvalue weighted by molar-refractivity contribution is 5.26. The molecule has 0 radical (unpaired) electrons. The van der Waals surface area contributed by atoms with Gasteiger partial charge in [0.1, 0.15) is 5.75 Å². The molecular weight excluding hydrogens is 204 g/mol. The van der Waals surface area contributed by atoms with Crippen LogP contribution < -0.4 is 10.5 Å². The quantitative estimate of drug-likeness (QED) is 0.828. The van der Waals surface area contributed by atoms with Crippen LogP contribution in [0.1, 0.15) is 25.5 Å². The first-order valence-electron chi connectivity index (χ1n) is 5.37. The minimum Gasteiger partial charge on any atom is -0.495 e. The number of methoxy groups -OCH3 is 2. The van der Waals surface area contributed by atoms with Gasteiger partial charge in [-0.3, -0.25) is 4.98 Å². The predicted molar refractivity (Wildman–Crippen MR) is 63.4 cm³/mol. The number of hydrogen-bond donors (Lipinski definition) is 1. The molecule has 2 N–H and O–H groups in total. The maximum Gasteiger partial charge on any atom is 0.137 e. The van der Waals surface area contributed by atoms with Gasteiger partial charge in [0.2, 0.25) is 0 Å². The van der Waals surface area contributed by atoms with Crippen molar-refractivity contribution in [2.24, 2.45) is 11.7 Å². The summed E-state index contributed by atoms with van der Waals surface area (Å²) < 4.78 is 10.5. The first-order chi connectivity index (χ1) is 7.60. The summed E-state index contributed by atoms with van der Waals surface area (Å²) in [4.78, 5) is 4.09. The van der Waals surface area contributed by atoms with Crippen LogP contribution in [0.4, 0.5) is 0 Å². The zero-order valence-corrected chi connectivity index (χ0v) is 10.3. The molecule has 2 atom stereocenters. The zero-order chi connectivity index (χ0) is 12.1. The van der Waals surface area contributed by atoms with Gasteiger partial charge in [0, 0.05) is 13.3 Å². The van der Waals surface area contributed by atoms with E-state index in [0.717, 1.165) is 5.56 Å². The zero-order valence-electron chi connectivity index (χ0n) is 10.3. The highest BCUT2D eigenvalue weighted by atomic mass is 16.5. The topological polar surface area (TPSA) is 57.4 Å². The van der Waals surface area contributed by atoms with E-state index in [1.807, 2.05) is 6.07 Å². The molecule has 1 rings (SSSR count). The van der Waals surface area contributed by atoms with Crippen LogP contribution >= 0.6 is 0 Å². The first kappa shape index (κ1) is 12.9. The summed E-state index contributed by atoms with van der Waals surface area (Å²) in [5, 5.41) is 0. The van der Waals surface area contributed by atoms with E-state index in [1.54, 1.807) is 26.6 Å². The Bertz CT molecular complexity index is 329. The Morgan fingerprint density at radius 2 is 1.94 bits per heavy atom. The van der Waals surface area contributed by atoms with E-state index in [-0.39, 0.29) is 12.1 Å². The van der Waals surface area contributed by atoms with Crippen molar-refractivity contribution >= 4 is 0 Å². The molecule has 0 fully saturated rings. The molecule has 1 aromatic heterocycles. The molecule has 2 unspecified atom stereocenters. The van der Waals surface area contributed by atoms with Crippen molar-refractivity contribution in [3.8, 4) is 5.75 Å². The minimum absolute atomic E-state index is 0.0195. The predicted octanol–water partition coefficient (Wildman–Crippen LogP) is 1.76. The van der Waals surface area contributed by atoms with E-state index < -0.39 is 0 Å². The van der Waals surface area contributed by atoms with Crippen LogP contribution in [0, 0.1) is 5.92 Å². The van der Waals surface area contributed by atoms with Gasteiger partial charge in [-0.2, -0.15) is 0 Å². The van der Waals surface area contributed by atoms with Crippen molar-refractivity contribution < 1.29 is 9.47 Å². The summed E-state index contributed by atoms with van der Waals surface area (Å²) in [7, 11) is 3.29. The Morgan fingerprint density at radius 1 is 1.25 bits per heavy atom. The molecule has 4 nitrogen and oxygen atoms in total. The lowest BCUT2D eigenvalue weighted by molar-refractivity contribution is 0.0436. The average molecular weight is 224 g/mol. The fourth-order valence-electron chi connectivity index (χ4n) is 1.75. The van der Waals surface area contributed by atoms with Crippen LogP contribution in [0.2, 0.25) is 0 Å². The highest BCUT2D eigenvalue weighted by Gasteiger charge is 2.22. The largest absolute Gasteiger partial charge is 0.495 e.